The minimum atomic E-state index is -3.70. The van der Waals surface area contributed by atoms with E-state index in [1.54, 1.807) is 29.5 Å². The van der Waals surface area contributed by atoms with E-state index in [0.717, 1.165) is 36.8 Å². The first-order valence-electron chi connectivity index (χ1n) is 9.20. The van der Waals surface area contributed by atoms with Gasteiger partial charge < -0.3 is 5.32 Å². The number of hydrogen-bond donors (Lipinski definition) is 2. The Morgan fingerprint density at radius 1 is 1.15 bits per heavy atom. The summed E-state index contributed by atoms with van der Waals surface area (Å²) < 4.78 is 27.2. The molecule has 5 nitrogen and oxygen atoms in total. The van der Waals surface area contributed by atoms with Gasteiger partial charge >= 0.3 is 0 Å². The molecule has 1 heterocycles. The van der Waals surface area contributed by atoms with Crippen LogP contribution in [0, 0.1) is 13.8 Å². The Balaban J connectivity index is 1.58. The number of nitrogens with one attached hydrogen (secondary N) is 2. The Labute approximate surface area is 165 Å². The van der Waals surface area contributed by atoms with Crippen molar-refractivity contribution in [1.29, 1.82) is 0 Å². The number of sulfonamides is 1. The second-order valence-electron chi connectivity index (χ2n) is 7.31. The van der Waals surface area contributed by atoms with Crippen LogP contribution in [0.4, 0.5) is 0 Å². The minimum Gasteiger partial charge on any atom is -0.354 e. The van der Waals surface area contributed by atoms with Gasteiger partial charge in [0.25, 0.3) is 0 Å². The highest BCUT2D eigenvalue weighted by Gasteiger charge is 2.36. The van der Waals surface area contributed by atoms with E-state index in [4.69, 9.17) is 0 Å². The predicted octanol–water partition coefficient (Wildman–Crippen LogP) is 3.27. The van der Waals surface area contributed by atoms with Crippen LogP contribution in [0.25, 0.3) is 0 Å². The van der Waals surface area contributed by atoms with E-state index in [0.29, 0.717) is 6.54 Å². The molecule has 146 valence electrons. The lowest BCUT2D eigenvalue weighted by atomic mass is 9.84. The van der Waals surface area contributed by atoms with Crippen LogP contribution in [-0.2, 0) is 20.2 Å². The summed E-state index contributed by atoms with van der Waals surface area (Å²) in [6.07, 6.45) is 4.44. The molecular weight excluding hydrogens is 380 g/mol. The molecule has 0 saturated heterocycles. The molecule has 0 radical (unpaired) electrons. The van der Waals surface area contributed by atoms with Gasteiger partial charge in [-0.25, -0.2) is 13.1 Å². The maximum Gasteiger partial charge on any atom is 0.241 e. The zero-order valence-electron chi connectivity index (χ0n) is 15.7. The standard InChI is InChI=1S/C20H26N2O3S2/c1-15-7-8-17(12-16(15)2)27(24,25)22-13-19(23)21-14-20(9-3-4-10-20)18-6-5-11-26-18/h5-8,11-12,22H,3-4,9-10,13-14H2,1-2H3,(H,21,23). The molecule has 0 aliphatic heterocycles. The van der Waals surface area contributed by atoms with Gasteiger partial charge in [-0.3, -0.25) is 4.79 Å². The minimum absolute atomic E-state index is 0.00320. The highest BCUT2D eigenvalue weighted by molar-refractivity contribution is 7.89. The van der Waals surface area contributed by atoms with Crippen LogP contribution in [0.15, 0.2) is 40.6 Å². The summed E-state index contributed by atoms with van der Waals surface area (Å²) in [6, 6.07) is 9.13. The third-order valence-corrected chi connectivity index (χ3v) is 7.96. The Morgan fingerprint density at radius 3 is 2.52 bits per heavy atom. The van der Waals surface area contributed by atoms with Crippen LogP contribution >= 0.6 is 11.3 Å². The third kappa shape index (κ3) is 4.59. The first-order valence-corrected chi connectivity index (χ1v) is 11.6. The normalized spacial score (nSPS) is 16.4. The number of thiophene rings is 1. The molecule has 1 aliphatic carbocycles. The second-order valence-corrected chi connectivity index (χ2v) is 10.0. The largest absolute Gasteiger partial charge is 0.354 e. The van der Waals surface area contributed by atoms with Crippen LogP contribution in [-0.4, -0.2) is 27.4 Å². The lowest BCUT2D eigenvalue weighted by Gasteiger charge is -2.28. The van der Waals surface area contributed by atoms with Gasteiger partial charge in [-0.15, -0.1) is 11.3 Å². The topological polar surface area (TPSA) is 75.3 Å². The van der Waals surface area contributed by atoms with Crippen molar-refractivity contribution in [1.82, 2.24) is 10.0 Å². The van der Waals surface area contributed by atoms with Gasteiger partial charge in [0.15, 0.2) is 0 Å². The molecule has 0 spiro atoms. The van der Waals surface area contributed by atoms with Crippen LogP contribution in [0.5, 0.6) is 0 Å². The second kappa shape index (κ2) is 8.12. The molecule has 1 aromatic carbocycles. The Bertz CT molecular complexity index is 899. The Hall–Kier alpha value is -1.70. The summed E-state index contributed by atoms with van der Waals surface area (Å²) in [6.45, 7) is 4.10. The molecular formula is C20H26N2O3S2. The maximum absolute atomic E-state index is 12.4. The molecule has 0 atom stereocenters. The van der Waals surface area contributed by atoms with Crippen LogP contribution in [0.1, 0.15) is 41.7 Å². The van der Waals surface area contributed by atoms with Crippen LogP contribution in [0.2, 0.25) is 0 Å². The molecule has 3 rings (SSSR count). The molecule has 2 N–H and O–H groups in total. The molecule has 2 aromatic rings. The maximum atomic E-state index is 12.4. The molecule has 0 bridgehead atoms. The summed E-state index contributed by atoms with van der Waals surface area (Å²) in [4.78, 5) is 13.8. The third-order valence-electron chi connectivity index (χ3n) is 5.44. The van der Waals surface area contributed by atoms with E-state index in [1.807, 2.05) is 19.9 Å². The van der Waals surface area contributed by atoms with Gasteiger partial charge in [0, 0.05) is 16.8 Å². The summed E-state index contributed by atoms with van der Waals surface area (Å²) in [5, 5.41) is 5.00. The lowest BCUT2D eigenvalue weighted by molar-refractivity contribution is -0.120. The van der Waals surface area contributed by atoms with Crippen molar-refractivity contribution in [3.63, 3.8) is 0 Å². The quantitative estimate of drug-likeness (QED) is 0.741. The van der Waals surface area contributed by atoms with Crippen molar-refractivity contribution < 1.29 is 13.2 Å². The molecule has 1 fully saturated rings. The number of carbonyl (C=O) groups is 1. The molecule has 0 unspecified atom stereocenters. The number of rotatable bonds is 7. The van der Waals surface area contributed by atoms with Crippen molar-refractivity contribution in [2.24, 2.45) is 0 Å². The molecule has 1 aromatic heterocycles. The van der Waals surface area contributed by atoms with Gasteiger partial charge in [0.05, 0.1) is 11.4 Å². The zero-order chi connectivity index (χ0) is 19.5. The van der Waals surface area contributed by atoms with Crippen molar-refractivity contribution in [3.8, 4) is 0 Å². The predicted molar refractivity (Wildman–Crippen MR) is 109 cm³/mol. The zero-order valence-corrected chi connectivity index (χ0v) is 17.4. The van der Waals surface area contributed by atoms with Gasteiger partial charge in [-0.05, 0) is 61.4 Å². The van der Waals surface area contributed by atoms with Crippen molar-refractivity contribution in [2.75, 3.05) is 13.1 Å². The van der Waals surface area contributed by atoms with Crippen LogP contribution < -0.4 is 10.0 Å². The van der Waals surface area contributed by atoms with Crippen molar-refractivity contribution in [3.05, 3.63) is 51.7 Å². The van der Waals surface area contributed by atoms with Gasteiger partial charge in [0.1, 0.15) is 0 Å². The average molecular weight is 407 g/mol. The van der Waals surface area contributed by atoms with E-state index in [1.165, 1.54) is 4.88 Å². The number of benzene rings is 1. The SMILES string of the molecule is Cc1ccc(S(=O)(=O)NCC(=O)NCC2(c3cccs3)CCCC2)cc1C. The highest BCUT2D eigenvalue weighted by Crippen LogP contribution is 2.42. The first-order chi connectivity index (χ1) is 12.8. The summed E-state index contributed by atoms with van der Waals surface area (Å²) in [5.41, 5.74) is 1.93. The fourth-order valence-electron chi connectivity index (χ4n) is 3.60. The summed E-state index contributed by atoms with van der Waals surface area (Å²) >= 11 is 1.73. The van der Waals surface area contributed by atoms with E-state index < -0.39 is 10.0 Å². The smallest absolute Gasteiger partial charge is 0.241 e. The average Bonchev–Trinajstić information content (AvgIpc) is 3.33. The van der Waals surface area contributed by atoms with Gasteiger partial charge in [0.2, 0.25) is 15.9 Å². The fraction of sp³-hybridized carbons (Fsp3) is 0.450. The Morgan fingerprint density at radius 2 is 1.89 bits per heavy atom. The van der Waals surface area contributed by atoms with E-state index in [-0.39, 0.29) is 22.8 Å². The lowest BCUT2D eigenvalue weighted by Crippen LogP contribution is -2.43. The van der Waals surface area contributed by atoms with Gasteiger partial charge in [-0.1, -0.05) is 25.0 Å². The summed E-state index contributed by atoms with van der Waals surface area (Å²) in [7, 11) is -3.70. The monoisotopic (exact) mass is 406 g/mol. The Kier molecular flexibility index (Phi) is 6.03. The van der Waals surface area contributed by atoms with Gasteiger partial charge in [-0.2, -0.15) is 0 Å². The summed E-state index contributed by atoms with van der Waals surface area (Å²) in [5.74, 6) is -0.301. The van der Waals surface area contributed by atoms with Crippen molar-refractivity contribution >= 4 is 27.3 Å². The molecule has 27 heavy (non-hydrogen) atoms. The number of aryl methyl sites for hydroxylation is 2. The number of amides is 1. The highest BCUT2D eigenvalue weighted by atomic mass is 32.2. The molecule has 1 amide bonds. The molecule has 7 heteroatoms. The molecule has 1 aliphatic rings. The van der Waals surface area contributed by atoms with E-state index in [9.17, 15) is 13.2 Å². The van der Waals surface area contributed by atoms with Crippen LogP contribution in [0.3, 0.4) is 0 Å². The number of hydrogen-bond acceptors (Lipinski definition) is 4. The van der Waals surface area contributed by atoms with Crippen molar-refractivity contribution in [2.45, 2.75) is 49.8 Å². The molecule has 1 saturated carbocycles. The fourth-order valence-corrected chi connectivity index (χ4v) is 5.65. The van der Waals surface area contributed by atoms with E-state index in [2.05, 4.69) is 21.5 Å². The van der Waals surface area contributed by atoms with E-state index >= 15 is 0 Å². The number of carbonyl (C=O) groups excluding carboxylic acids is 1. The first kappa shape index (κ1) is 20.0.